The van der Waals surface area contributed by atoms with E-state index in [1.165, 1.54) is 6.08 Å². The standard InChI is InChI=1S/C23H26O4/c1-3-11-19(18-12-7-5-8-13-18)17-23(21(24)25,22(26)27-16-4-2)20-14-9-6-10-15-20/h4-10,12-15,19H,2-3,11,16-17H2,1H3,(H,24,25). The van der Waals surface area contributed by atoms with Gasteiger partial charge in [-0.1, -0.05) is 86.7 Å². The number of aliphatic carboxylic acids is 1. The van der Waals surface area contributed by atoms with Crippen LogP contribution in [-0.4, -0.2) is 23.7 Å². The predicted octanol–water partition coefficient (Wildman–Crippen LogP) is 4.71. The smallest absolute Gasteiger partial charge is 0.328 e. The van der Waals surface area contributed by atoms with Gasteiger partial charge in [-0.05, 0) is 29.9 Å². The first-order chi connectivity index (χ1) is 13.1. The topological polar surface area (TPSA) is 63.6 Å². The average Bonchev–Trinajstić information content (AvgIpc) is 2.70. The molecule has 0 bridgehead atoms. The molecule has 2 atom stereocenters. The van der Waals surface area contributed by atoms with Crippen LogP contribution in [0.1, 0.15) is 43.2 Å². The van der Waals surface area contributed by atoms with Gasteiger partial charge in [-0.15, -0.1) is 0 Å². The van der Waals surface area contributed by atoms with Gasteiger partial charge in [0.25, 0.3) is 0 Å². The first-order valence-electron chi connectivity index (χ1n) is 9.18. The lowest BCUT2D eigenvalue weighted by Crippen LogP contribution is -2.46. The zero-order valence-electron chi connectivity index (χ0n) is 15.6. The Morgan fingerprint density at radius 2 is 1.70 bits per heavy atom. The molecular formula is C23H26O4. The number of rotatable bonds is 10. The van der Waals surface area contributed by atoms with Crippen LogP contribution < -0.4 is 0 Å². The highest BCUT2D eigenvalue weighted by molar-refractivity contribution is 6.05. The number of ether oxygens (including phenoxy) is 1. The van der Waals surface area contributed by atoms with Crippen molar-refractivity contribution < 1.29 is 19.4 Å². The summed E-state index contributed by atoms with van der Waals surface area (Å²) in [6.07, 6.45) is 3.24. The van der Waals surface area contributed by atoms with Crippen LogP contribution in [0.25, 0.3) is 0 Å². The molecule has 2 unspecified atom stereocenters. The molecule has 0 aliphatic rings. The maximum Gasteiger partial charge on any atom is 0.328 e. The highest BCUT2D eigenvalue weighted by Gasteiger charge is 2.50. The fourth-order valence-electron chi connectivity index (χ4n) is 3.43. The summed E-state index contributed by atoms with van der Waals surface area (Å²) < 4.78 is 5.25. The summed E-state index contributed by atoms with van der Waals surface area (Å²) in [7, 11) is 0. The van der Waals surface area contributed by atoms with Gasteiger partial charge in [0.15, 0.2) is 5.41 Å². The summed E-state index contributed by atoms with van der Waals surface area (Å²) in [5.74, 6) is -2.03. The number of carbonyl (C=O) groups is 2. The van der Waals surface area contributed by atoms with E-state index in [1.54, 1.807) is 30.3 Å². The fraction of sp³-hybridized carbons (Fsp3) is 0.304. The molecule has 0 heterocycles. The SMILES string of the molecule is C=CCOC(=O)C(CC(CCC)c1ccccc1)(C(=O)O)c1ccccc1. The van der Waals surface area contributed by atoms with Crippen molar-refractivity contribution in [1.82, 2.24) is 0 Å². The first kappa shape index (κ1) is 20.4. The molecule has 0 saturated carbocycles. The third-order valence-corrected chi connectivity index (χ3v) is 4.77. The molecule has 2 rings (SSSR count). The van der Waals surface area contributed by atoms with Gasteiger partial charge in [0.1, 0.15) is 6.61 Å². The van der Waals surface area contributed by atoms with Gasteiger partial charge in [-0.3, -0.25) is 9.59 Å². The molecule has 0 aliphatic carbocycles. The minimum absolute atomic E-state index is 0.0233. The molecule has 142 valence electrons. The largest absolute Gasteiger partial charge is 0.480 e. The Kier molecular flexibility index (Phi) is 7.35. The first-order valence-corrected chi connectivity index (χ1v) is 9.18. The molecule has 2 aromatic carbocycles. The summed E-state index contributed by atoms with van der Waals surface area (Å²) in [6, 6.07) is 18.4. The number of carbonyl (C=O) groups excluding carboxylic acids is 1. The van der Waals surface area contributed by atoms with E-state index in [0.29, 0.717) is 5.56 Å². The van der Waals surface area contributed by atoms with Crippen molar-refractivity contribution in [2.24, 2.45) is 0 Å². The van der Waals surface area contributed by atoms with Gasteiger partial charge in [-0.2, -0.15) is 0 Å². The van der Waals surface area contributed by atoms with Gasteiger partial charge in [-0.25, -0.2) is 0 Å². The lowest BCUT2D eigenvalue weighted by molar-refractivity contribution is -0.161. The minimum atomic E-state index is -1.76. The van der Waals surface area contributed by atoms with Crippen LogP contribution in [0.4, 0.5) is 0 Å². The molecule has 0 radical (unpaired) electrons. The molecule has 0 aromatic heterocycles. The van der Waals surface area contributed by atoms with Crippen LogP contribution >= 0.6 is 0 Å². The normalized spacial score (nSPS) is 14.0. The van der Waals surface area contributed by atoms with Gasteiger partial charge >= 0.3 is 11.9 Å². The molecule has 4 heteroatoms. The van der Waals surface area contributed by atoms with E-state index in [1.807, 2.05) is 30.3 Å². The molecule has 2 aromatic rings. The summed E-state index contributed by atoms with van der Waals surface area (Å²) >= 11 is 0. The highest BCUT2D eigenvalue weighted by Crippen LogP contribution is 2.39. The zero-order chi connectivity index (χ0) is 19.7. The Morgan fingerprint density at radius 3 is 2.22 bits per heavy atom. The van der Waals surface area contributed by atoms with Crippen molar-refractivity contribution in [3.05, 3.63) is 84.4 Å². The van der Waals surface area contributed by atoms with E-state index in [0.717, 1.165) is 18.4 Å². The van der Waals surface area contributed by atoms with E-state index in [4.69, 9.17) is 4.74 Å². The fourth-order valence-corrected chi connectivity index (χ4v) is 3.43. The molecule has 0 fully saturated rings. The third-order valence-electron chi connectivity index (χ3n) is 4.77. The van der Waals surface area contributed by atoms with Gasteiger partial charge < -0.3 is 9.84 Å². The highest BCUT2D eigenvalue weighted by atomic mass is 16.5. The summed E-state index contributed by atoms with van der Waals surface area (Å²) in [6.45, 7) is 5.57. The number of esters is 1. The maximum atomic E-state index is 13.0. The average molecular weight is 366 g/mol. The number of carboxylic acids is 1. The molecule has 0 amide bonds. The number of hydrogen-bond acceptors (Lipinski definition) is 3. The Balaban J connectivity index is 2.54. The Bertz CT molecular complexity index is 754. The van der Waals surface area contributed by atoms with Crippen LogP contribution in [0.5, 0.6) is 0 Å². The van der Waals surface area contributed by atoms with Crippen molar-refractivity contribution in [3.8, 4) is 0 Å². The van der Waals surface area contributed by atoms with E-state index >= 15 is 0 Å². The predicted molar refractivity (Wildman–Crippen MR) is 106 cm³/mol. The van der Waals surface area contributed by atoms with Gasteiger partial charge in [0.2, 0.25) is 0 Å². The second-order valence-corrected chi connectivity index (χ2v) is 6.56. The Hall–Kier alpha value is -2.88. The monoisotopic (exact) mass is 366 g/mol. The van der Waals surface area contributed by atoms with Crippen molar-refractivity contribution in [3.63, 3.8) is 0 Å². The van der Waals surface area contributed by atoms with Crippen molar-refractivity contribution in [2.45, 2.75) is 37.5 Å². The van der Waals surface area contributed by atoms with E-state index in [9.17, 15) is 14.7 Å². The van der Waals surface area contributed by atoms with Crippen molar-refractivity contribution in [2.75, 3.05) is 6.61 Å². The number of carboxylic acid groups (broad SMARTS) is 1. The molecule has 0 spiro atoms. The van der Waals surface area contributed by atoms with Crippen LogP contribution in [0.15, 0.2) is 73.3 Å². The Labute approximate surface area is 160 Å². The summed E-state index contributed by atoms with van der Waals surface area (Å²) in [5, 5.41) is 10.2. The third kappa shape index (κ3) is 4.64. The molecule has 27 heavy (non-hydrogen) atoms. The number of hydrogen-bond donors (Lipinski definition) is 1. The van der Waals surface area contributed by atoms with E-state index in [-0.39, 0.29) is 18.9 Å². The molecule has 4 nitrogen and oxygen atoms in total. The molecule has 1 N–H and O–H groups in total. The van der Waals surface area contributed by atoms with Crippen LogP contribution in [-0.2, 0) is 19.7 Å². The van der Waals surface area contributed by atoms with Crippen molar-refractivity contribution >= 4 is 11.9 Å². The summed E-state index contributed by atoms with van der Waals surface area (Å²) in [4.78, 5) is 25.5. The van der Waals surface area contributed by atoms with Crippen LogP contribution in [0.3, 0.4) is 0 Å². The van der Waals surface area contributed by atoms with Gasteiger partial charge in [0, 0.05) is 0 Å². The zero-order valence-corrected chi connectivity index (χ0v) is 15.6. The lowest BCUT2D eigenvalue weighted by atomic mass is 9.71. The minimum Gasteiger partial charge on any atom is -0.480 e. The second-order valence-electron chi connectivity index (χ2n) is 6.56. The Morgan fingerprint density at radius 1 is 1.11 bits per heavy atom. The quantitative estimate of drug-likeness (QED) is 0.376. The van der Waals surface area contributed by atoms with Crippen molar-refractivity contribution in [1.29, 1.82) is 0 Å². The second kappa shape index (κ2) is 9.72. The van der Waals surface area contributed by atoms with Crippen LogP contribution in [0.2, 0.25) is 0 Å². The molecular weight excluding hydrogens is 340 g/mol. The maximum absolute atomic E-state index is 13.0. The lowest BCUT2D eigenvalue weighted by Gasteiger charge is -2.31. The summed E-state index contributed by atoms with van der Waals surface area (Å²) in [5.41, 5.74) is -0.305. The number of benzene rings is 2. The van der Waals surface area contributed by atoms with E-state index < -0.39 is 17.4 Å². The molecule has 0 saturated heterocycles. The van der Waals surface area contributed by atoms with E-state index in [2.05, 4.69) is 13.5 Å². The molecule has 0 aliphatic heterocycles. The van der Waals surface area contributed by atoms with Gasteiger partial charge in [0.05, 0.1) is 0 Å². The van der Waals surface area contributed by atoms with Crippen LogP contribution in [0, 0.1) is 0 Å².